The van der Waals surface area contributed by atoms with Crippen molar-refractivity contribution in [3.63, 3.8) is 0 Å². The first kappa shape index (κ1) is 25.8. The molecular formula is C25H18Cl2I2N2O2. The second-order valence-corrected chi connectivity index (χ2v) is 10.4. The van der Waals surface area contributed by atoms with Crippen LogP contribution in [-0.2, 0) is 11.4 Å². The largest absolute Gasteiger partial charge is 0.487 e. The van der Waals surface area contributed by atoms with Crippen LogP contribution in [-0.4, -0.2) is 5.91 Å². The maximum Gasteiger partial charge on any atom is 0.266 e. The lowest BCUT2D eigenvalue weighted by molar-refractivity contribution is -0.112. The monoisotopic (exact) mass is 702 g/mol. The van der Waals surface area contributed by atoms with Gasteiger partial charge in [0.15, 0.2) is 0 Å². The van der Waals surface area contributed by atoms with Gasteiger partial charge in [-0.3, -0.25) is 4.79 Å². The Balaban J connectivity index is 1.79. The number of halogens is 4. The summed E-state index contributed by atoms with van der Waals surface area (Å²) in [7, 11) is 0. The molecule has 0 aliphatic carbocycles. The normalized spacial score (nSPS) is 11.1. The van der Waals surface area contributed by atoms with E-state index in [2.05, 4.69) is 50.5 Å². The molecule has 3 aromatic rings. The average Bonchev–Trinajstić information content (AvgIpc) is 2.77. The standard InChI is InChI=1S/C25H18Cl2I2N2O2/c1-14-4-3-5-23(15(14)2)31-25(32)18(12-30)8-17-10-21(28)24(22(29)11-17)33-13-16-6-7-19(26)20(27)9-16/h3-11H,13H2,1-2H3,(H,31,32)/b18-8+. The van der Waals surface area contributed by atoms with Crippen LogP contribution in [0.15, 0.2) is 54.1 Å². The summed E-state index contributed by atoms with van der Waals surface area (Å²) >= 11 is 16.4. The molecule has 0 spiro atoms. The molecule has 0 atom stereocenters. The molecule has 0 aliphatic heterocycles. The quantitative estimate of drug-likeness (QED) is 0.161. The first-order valence-corrected chi connectivity index (χ1v) is 12.7. The number of ether oxygens (including phenoxy) is 1. The van der Waals surface area contributed by atoms with E-state index in [1.54, 1.807) is 18.2 Å². The fourth-order valence-corrected chi connectivity index (χ4v) is 5.43. The Morgan fingerprint density at radius 1 is 1.09 bits per heavy atom. The lowest BCUT2D eigenvalue weighted by Gasteiger charge is -2.12. The molecule has 33 heavy (non-hydrogen) atoms. The van der Waals surface area contributed by atoms with Crippen LogP contribution in [0.4, 0.5) is 5.69 Å². The van der Waals surface area contributed by atoms with Gasteiger partial charge in [-0.05, 0) is 118 Å². The molecule has 0 saturated heterocycles. The number of hydrogen-bond donors (Lipinski definition) is 1. The van der Waals surface area contributed by atoms with Crippen LogP contribution in [0.2, 0.25) is 10.0 Å². The smallest absolute Gasteiger partial charge is 0.266 e. The Bertz CT molecular complexity index is 1280. The first-order valence-electron chi connectivity index (χ1n) is 9.74. The van der Waals surface area contributed by atoms with Gasteiger partial charge in [-0.2, -0.15) is 5.26 Å². The number of nitrogens with zero attached hydrogens (tertiary/aromatic N) is 1. The molecule has 8 heteroatoms. The molecule has 0 heterocycles. The summed E-state index contributed by atoms with van der Waals surface area (Å²) in [5.74, 6) is 0.272. The predicted molar refractivity (Wildman–Crippen MR) is 151 cm³/mol. The van der Waals surface area contributed by atoms with Gasteiger partial charge < -0.3 is 10.1 Å². The van der Waals surface area contributed by atoms with Crippen molar-refractivity contribution in [2.24, 2.45) is 0 Å². The molecule has 3 rings (SSSR count). The Kier molecular flexibility index (Phi) is 9.04. The molecule has 3 aromatic carbocycles. The van der Waals surface area contributed by atoms with E-state index in [1.807, 2.05) is 56.3 Å². The summed E-state index contributed by atoms with van der Waals surface area (Å²) in [6, 6.07) is 16.8. The van der Waals surface area contributed by atoms with Gasteiger partial charge in [0.25, 0.3) is 5.91 Å². The van der Waals surface area contributed by atoms with Gasteiger partial charge in [-0.15, -0.1) is 0 Å². The van der Waals surface area contributed by atoms with E-state index in [0.717, 1.165) is 35.1 Å². The van der Waals surface area contributed by atoms with Gasteiger partial charge in [0.2, 0.25) is 0 Å². The van der Waals surface area contributed by atoms with Crippen molar-refractivity contribution in [1.29, 1.82) is 5.26 Å². The van der Waals surface area contributed by atoms with Crippen LogP contribution < -0.4 is 10.1 Å². The molecule has 0 radical (unpaired) electrons. The highest BCUT2D eigenvalue weighted by Gasteiger charge is 2.14. The highest BCUT2D eigenvalue weighted by molar-refractivity contribution is 14.1. The van der Waals surface area contributed by atoms with E-state index in [0.29, 0.717) is 22.3 Å². The Hall–Kier alpha value is -1.80. The number of nitriles is 1. The van der Waals surface area contributed by atoms with E-state index in [-0.39, 0.29) is 5.57 Å². The third-order valence-corrected chi connectivity index (χ3v) is 7.26. The molecule has 0 saturated carbocycles. The molecule has 1 amide bonds. The van der Waals surface area contributed by atoms with Gasteiger partial charge in [-0.25, -0.2) is 0 Å². The SMILES string of the molecule is Cc1cccc(NC(=O)/C(C#N)=C/c2cc(I)c(OCc3ccc(Cl)c(Cl)c3)c(I)c2)c1C. The maximum absolute atomic E-state index is 12.7. The van der Waals surface area contributed by atoms with Gasteiger partial charge in [-0.1, -0.05) is 41.4 Å². The third kappa shape index (κ3) is 6.63. The number of carbonyl (C=O) groups is 1. The molecular weight excluding hydrogens is 685 g/mol. The first-order chi connectivity index (χ1) is 15.7. The maximum atomic E-state index is 12.7. The van der Waals surface area contributed by atoms with Crippen molar-refractivity contribution in [2.75, 3.05) is 5.32 Å². The van der Waals surface area contributed by atoms with Crippen molar-refractivity contribution < 1.29 is 9.53 Å². The van der Waals surface area contributed by atoms with Crippen molar-refractivity contribution in [3.8, 4) is 11.8 Å². The van der Waals surface area contributed by atoms with E-state index < -0.39 is 5.91 Å². The molecule has 0 bridgehead atoms. The second-order valence-electron chi connectivity index (χ2n) is 7.22. The highest BCUT2D eigenvalue weighted by atomic mass is 127. The minimum atomic E-state index is -0.448. The Morgan fingerprint density at radius 3 is 2.42 bits per heavy atom. The minimum absolute atomic E-state index is 0.0204. The second kappa shape index (κ2) is 11.6. The summed E-state index contributed by atoms with van der Waals surface area (Å²) in [5.41, 5.74) is 4.38. The molecule has 0 aliphatic rings. The molecule has 0 unspecified atom stereocenters. The Morgan fingerprint density at radius 2 is 1.79 bits per heavy atom. The van der Waals surface area contributed by atoms with E-state index in [4.69, 9.17) is 27.9 Å². The predicted octanol–water partition coefficient (Wildman–Crippen LogP) is 7.94. The molecule has 168 valence electrons. The van der Waals surface area contributed by atoms with Crippen molar-refractivity contribution >= 4 is 86.1 Å². The number of aryl methyl sites for hydroxylation is 1. The number of rotatable bonds is 6. The summed E-state index contributed by atoms with van der Waals surface area (Å²) in [5, 5.41) is 13.4. The third-order valence-electron chi connectivity index (χ3n) is 4.92. The molecule has 0 fully saturated rings. The van der Waals surface area contributed by atoms with Crippen LogP contribution in [0.1, 0.15) is 22.3 Å². The lowest BCUT2D eigenvalue weighted by atomic mass is 10.1. The fraction of sp³-hybridized carbons (Fsp3) is 0.120. The van der Waals surface area contributed by atoms with Crippen molar-refractivity contribution in [2.45, 2.75) is 20.5 Å². The Labute approximate surface area is 230 Å². The summed E-state index contributed by atoms with van der Waals surface area (Å²) < 4.78 is 7.72. The van der Waals surface area contributed by atoms with Crippen LogP contribution in [0, 0.1) is 32.3 Å². The van der Waals surface area contributed by atoms with Gasteiger partial charge in [0, 0.05) is 5.69 Å². The van der Waals surface area contributed by atoms with Crippen molar-refractivity contribution in [1.82, 2.24) is 0 Å². The van der Waals surface area contributed by atoms with Crippen molar-refractivity contribution in [3.05, 3.63) is 93.5 Å². The number of hydrogen-bond acceptors (Lipinski definition) is 3. The summed E-state index contributed by atoms with van der Waals surface area (Å²) in [4.78, 5) is 12.7. The fourth-order valence-electron chi connectivity index (χ4n) is 2.98. The molecule has 0 aromatic heterocycles. The zero-order chi connectivity index (χ0) is 24.1. The van der Waals surface area contributed by atoms with E-state index >= 15 is 0 Å². The van der Waals surface area contributed by atoms with Crippen LogP contribution in [0.25, 0.3) is 6.08 Å². The lowest BCUT2D eigenvalue weighted by Crippen LogP contribution is -2.14. The topological polar surface area (TPSA) is 62.1 Å². The minimum Gasteiger partial charge on any atom is -0.487 e. The van der Waals surface area contributed by atoms with Gasteiger partial charge >= 0.3 is 0 Å². The molecule has 1 N–H and O–H groups in total. The van der Waals surface area contributed by atoms with Gasteiger partial charge in [0.1, 0.15) is 24.0 Å². The number of carbonyl (C=O) groups excluding carboxylic acids is 1. The highest BCUT2D eigenvalue weighted by Crippen LogP contribution is 2.31. The number of nitrogens with one attached hydrogen (secondary N) is 1. The zero-order valence-electron chi connectivity index (χ0n) is 17.7. The van der Waals surface area contributed by atoms with Crippen LogP contribution in [0.5, 0.6) is 5.75 Å². The summed E-state index contributed by atoms with van der Waals surface area (Å²) in [6.45, 7) is 4.24. The van der Waals surface area contributed by atoms with Crippen LogP contribution in [0.3, 0.4) is 0 Å². The molecule has 4 nitrogen and oxygen atoms in total. The number of amides is 1. The number of anilines is 1. The van der Waals surface area contributed by atoms with Gasteiger partial charge in [0.05, 0.1) is 17.2 Å². The average molecular weight is 703 g/mol. The van der Waals surface area contributed by atoms with E-state index in [9.17, 15) is 10.1 Å². The van der Waals surface area contributed by atoms with E-state index in [1.165, 1.54) is 0 Å². The number of benzene rings is 3. The van der Waals surface area contributed by atoms with Crippen LogP contribution >= 0.6 is 68.4 Å². The zero-order valence-corrected chi connectivity index (χ0v) is 23.5. The summed E-state index contributed by atoms with van der Waals surface area (Å²) in [6.07, 6.45) is 1.58.